The van der Waals surface area contributed by atoms with Crippen LogP contribution in [0.15, 0.2) is 48.5 Å². The number of hydrogen-bond donors (Lipinski definition) is 0. The molecule has 0 heterocycles. The highest BCUT2D eigenvalue weighted by molar-refractivity contribution is 5.81. The Morgan fingerprint density at radius 1 is 0.842 bits per heavy atom. The van der Waals surface area contributed by atoms with Crippen LogP contribution >= 0.6 is 0 Å². The summed E-state index contributed by atoms with van der Waals surface area (Å²) in [5.74, 6) is 0. The minimum Gasteiger partial charge on any atom is -0.298 e. The Balaban J connectivity index is 2.69. The lowest BCUT2D eigenvalue weighted by molar-refractivity contribution is 0.111. The molecule has 0 amide bonds. The van der Waals surface area contributed by atoms with Gasteiger partial charge >= 0.3 is 0 Å². The molecule has 0 aromatic heterocycles. The SMILES string of the molecule is [3H]C(=O)c1ccccc1C(C)(C)c1ccccc1C([3H])=O. The fourth-order valence-electron chi connectivity index (χ4n) is 2.38. The first-order valence-electron chi connectivity index (χ1n) is 7.06. The van der Waals surface area contributed by atoms with Crippen LogP contribution in [0.25, 0.3) is 0 Å². The van der Waals surface area contributed by atoms with Crippen LogP contribution in [0, 0.1) is 0 Å². The highest BCUT2D eigenvalue weighted by Crippen LogP contribution is 2.34. The summed E-state index contributed by atoms with van der Waals surface area (Å²) < 4.78 is 14.8. The standard InChI is InChI=1S/C17H16O2/c1-17(2,15-9-5-3-7-13(15)11-18)16-10-6-4-8-14(16)12-19/h3-12H,1-2H3/i11T,12T. The number of carbonyl (C=O) groups excluding carboxylic acids is 2. The lowest BCUT2D eigenvalue weighted by Gasteiger charge is -2.28. The molecule has 2 nitrogen and oxygen atoms in total. The monoisotopic (exact) mass is 256 g/mol. The number of aldehydes is 2. The number of benzene rings is 2. The first-order chi connectivity index (χ1) is 9.85. The van der Waals surface area contributed by atoms with Crippen LogP contribution < -0.4 is 0 Å². The van der Waals surface area contributed by atoms with Gasteiger partial charge in [-0.2, -0.15) is 0 Å². The zero-order valence-corrected chi connectivity index (χ0v) is 10.9. The van der Waals surface area contributed by atoms with E-state index >= 15 is 0 Å². The number of carbonyl (C=O) groups is 2. The number of hydrogen-bond acceptors (Lipinski definition) is 2. The average Bonchev–Trinajstić information content (AvgIpc) is 2.47. The molecule has 2 rings (SSSR count). The summed E-state index contributed by atoms with van der Waals surface area (Å²) in [6.07, 6.45) is -1.51. The summed E-state index contributed by atoms with van der Waals surface area (Å²) in [6, 6.07) is 13.8. The van der Waals surface area contributed by atoms with E-state index in [1.54, 1.807) is 48.5 Å². The van der Waals surface area contributed by atoms with E-state index in [9.17, 15) is 9.59 Å². The van der Waals surface area contributed by atoms with Gasteiger partial charge in [-0.05, 0) is 11.1 Å². The normalized spacial score (nSPS) is 12.5. The van der Waals surface area contributed by atoms with E-state index in [1.165, 1.54) is 0 Å². The summed E-state index contributed by atoms with van der Waals surface area (Å²) in [7, 11) is 0. The van der Waals surface area contributed by atoms with Gasteiger partial charge in [-0.1, -0.05) is 62.4 Å². The molecule has 0 aliphatic carbocycles. The molecule has 0 radical (unpaired) electrons. The van der Waals surface area contributed by atoms with Gasteiger partial charge in [0.05, 0.1) is 0 Å². The molecule has 0 fully saturated rings. The Kier molecular flexibility index (Phi) is 2.92. The molecule has 0 N–H and O–H groups in total. The predicted octanol–water partition coefficient (Wildman–Crippen LogP) is 3.64. The second-order valence-corrected chi connectivity index (χ2v) is 4.92. The molecule has 0 bridgehead atoms. The molecule has 0 aliphatic heterocycles. The van der Waals surface area contributed by atoms with Crippen molar-refractivity contribution in [1.82, 2.24) is 0 Å². The molecule has 0 atom stereocenters. The summed E-state index contributed by atoms with van der Waals surface area (Å²) >= 11 is 0. The predicted molar refractivity (Wildman–Crippen MR) is 75.8 cm³/mol. The first-order valence-corrected chi connectivity index (χ1v) is 6.06. The van der Waals surface area contributed by atoms with Crippen LogP contribution in [0.4, 0.5) is 0 Å². The molecule has 2 heteroatoms. The molecule has 0 spiro atoms. The van der Waals surface area contributed by atoms with Crippen molar-refractivity contribution in [2.24, 2.45) is 0 Å². The summed E-state index contributed by atoms with van der Waals surface area (Å²) in [5.41, 5.74) is 1.34. The topological polar surface area (TPSA) is 34.1 Å². The van der Waals surface area contributed by atoms with Crippen LogP contribution in [0.1, 0.15) is 48.4 Å². The third kappa shape index (κ3) is 2.34. The first kappa shape index (κ1) is 10.7. The van der Waals surface area contributed by atoms with Crippen molar-refractivity contribution in [3.63, 3.8) is 0 Å². The zero-order chi connectivity index (χ0) is 15.6. The minimum absolute atomic E-state index is 0.315. The van der Waals surface area contributed by atoms with Gasteiger partial charge in [0.1, 0.15) is 15.3 Å². The van der Waals surface area contributed by atoms with E-state index in [4.69, 9.17) is 2.74 Å². The van der Waals surface area contributed by atoms with E-state index < -0.39 is 17.9 Å². The summed E-state index contributed by atoms with van der Waals surface area (Å²) in [4.78, 5) is 23.1. The highest BCUT2D eigenvalue weighted by Gasteiger charge is 2.27. The van der Waals surface area contributed by atoms with Crippen molar-refractivity contribution in [1.29, 1.82) is 0 Å². The Bertz CT molecular complexity index is 646. The van der Waals surface area contributed by atoms with Gasteiger partial charge in [0.2, 0.25) is 0 Å². The van der Waals surface area contributed by atoms with Crippen LogP contribution in [-0.4, -0.2) is 12.5 Å². The molecule has 0 unspecified atom stereocenters. The van der Waals surface area contributed by atoms with Crippen molar-refractivity contribution < 1.29 is 12.3 Å². The Labute approximate surface area is 115 Å². The molecular formula is C17H16O2. The third-order valence-corrected chi connectivity index (χ3v) is 3.42. The molecule has 0 saturated carbocycles. The molecule has 0 saturated heterocycles. The van der Waals surface area contributed by atoms with E-state index in [1.807, 2.05) is 13.8 Å². The van der Waals surface area contributed by atoms with Crippen molar-refractivity contribution >= 4 is 12.5 Å². The van der Waals surface area contributed by atoms with Crippen LogP contribution in [0.3, 0.4) is 0 Å². The lowest BCUT2D eigenvalue weighted by Crippen LogP contribution is -2.22. The van der Waals surface area contributed by atoms with Gasteiger partial charge in [-0.15, -0.1) is 0 Å². The largest absolute Gasteiger partial charge is 0.298 e. The highest BCUT2D eigenvalue weighted by atomic mass is 16.1. The minimum atomic E-state index is -0.756. The fraction of sp³-hybridized carbons (Fsp3) is 0.176. The lowest BCUT2D eigenvalue weighted by atomic mass is 9.74. The fourth-order valence-corrected chi connectivity index (χ4v) is 2.38. The van der Waals surface area contributed by atoms with Gasteiger partial charge in [-0.3, -0.25) is 9.59 Å². The van der Waals surface area contributed by atoms with Crippen molar-refractivity contribution in [3.05, 3.63) is 70.8 Å². The smallest absolute Gasteiger partial charge is 0.150 e. The average molecular weight is 256 g/mol. The summed E-state index contributed by atoms with van der Waals surface area (Å²) in [6.45, 7) is 3.77. The Morgan fingerprint density at radius 3 is 1.58 bits per heavy atom. The van der Waals surface area contributed by atoms with E-state index in [2.05, 4.69) is 0 Å². The maximum atomic E-state index is 11.5. The molecule has 2 aromatic carbocycles. The van der Waals surface area contributed by atoms with Gasteiger partial charge in [0.25, 0.3) is 0 Å². The van der Waals surface area contributed by atoms with Gasteiger partial charge in [0, 0.05) is 16.5 Å². The quantitative estimate of drug-likeness (QED) is 0.783. The van der Waals surface area contributed by atoms with Crippen molar-refractivity contribution in [3.8, 4) is 0 Å². The van der Waals surface area contributed by atoms with Crippen molar-refractivity contribution in [2.75, 3.05) is 0 Å². The van der Waals surface area contributed by atoms with Crippen LogP contribution in [0.2, 0.25) is 0 Å². The Morgan fingerprint density at radius 2 is 1.21 bits per heavy atom. The molecule has 0 aliphatic rings. The summed E-state index contributed by atoms with van der Waals surface area (Å²) in [5, 5.41) is 0. The van der Waals surface area contributed by atoms with Gasteiger partial charge in [-0.25, -0.2) is 0 Å². The number of rotatable bonds is 4. The van der Waals surface area contributed by atoms with Gasteiger partial charge in [0.15, 0.2) is 0 Å². The molecule has 19 heavy (non-hydrogen) atoms. The Hall–Kier alpha value is -2.22. The van der Waals surface area contributed by atoms with E-state index in [-0.39, 0.29) is 0 Å². The maximum Gasteiger partial charge on any atom is 0.150 e. The van der Waals surface area contributed by atoms with E-state index in [0.717, 1.165) is 0 Å². The molecule has 2 aromatic rings. The van der Waals surface area contributed by atoms with Crippen LogP contribution in [0.5, 0.6) is 0 Å². The van der Waals surface area contributed by atoms with Gasteiger partial charge < -0.3 is 0 Å². The zero-order valence-electron chi connectivity index (χ0n) is 12.9. The van der Waals surface area contributed by atoms with E-state index in [0.29, 0.717) is 22.3 Å². The second kappa shape index (κ2) is 5.19. The second-order valence-electron chi connectivity index (χ2n) is 4.92. The molecular weight excluding hydrogens is 236 g/mol. The van der Waals surface area contributed by atoms with Crippen molar-refractivity contribution in [2.45, 2.75) is 19.3 Å². The molecule has 96 valence electrons. The maximum absolute atomic E-state index is 11.5. The third-order valence-electron chi connectivity index (χ3n) is 3.42. The van der Waals surface area contributed by atoms with Crippen LogP contribution in [-0.2, 0) is 5.41 Å².